The molecule has 5 nitrogen and oxygen atoms in total. The molecule has 1 aliphatic rings. The molecule has 1 rings (SSSR count). The van der Waals surface area contributed by atoms with Gasteiger partial charge in [-0.1, -0.05) is 6.92 Å². The molecule has 0 aromatic rings. The first kappa shape index (κ1) is 16.0. The molecule has 0 unspecified atom stereocenters. The van der Waals surface area contributed by atoms with Crippen LogP contribution in [0.1, 0.15) is 40.0 Å². The van der Waals surface area contributed by atoms with Crippen LogP contribution in [0.25, 0.3) is 0 Å². The summed E-state index contributed by atoms with van der Waals surface area (Å²) in [7, 11) is 1.80. The lowest BCUT2D eigenvalue weighted by atomic mass is 9.88. The first-order valence-corrected chi connectivity index (χ1v) is 6.99. The number of hydrogen-bond donors (Lipinski definition) is 1. The summed E-state index contributed by atoms with van der Waals surface area (Å²) in [4.78, 5) is 27.3. The molecule has 0 saturated carbocycles. The van der Waals surface area contributed by atoms with E-state index in [2.05, 4.69) is 11.8 Å². The van der Waals surface area contributed by atoms with Crippen molar-refractivity contribution in [2.24, 2.45) is 5.41 Å². The number of likely N-dealkylation sites (tertiary alicyclic amines) is 1. The summed E-state index contributed by atoms with van der Waals surface area (Å²) < 4.78 is 0. The van der Waals surface area contributed by atoms with Crippen LogP contribution in [-0.2, 0) is 9.59 Å². The maximum absolute atomic E-state index is 12.2. The summed E-state index contributed by atoms with van der Waals surface area (Å²) in [6.45, 7) is 8.42. The number of carbonyl (C=O) groups is 2. The van der Waals surface area contributed by atoms with Crippen LogP contribution < -0.4 is 0 Å². The van der Waals surface area contributed by atoms with E-state index < -0.39 is 11.4 Å². The van der Waals surface area contributed by atoms with E-state index in [0.29, 0.717) is 0 Å². The first-order valence-electron chi connectivity index (χ1n) is 6.99. The molecule has 5 heteroatoms. The Hall–Kier alpha value is -1.10. The predicted molar refractivity (Wildman–Crippen MR) is 73.9 cm³/mol. The topological polar surface area (TPSA) is 60.9 Å². The second kappa shape index (κ2) is 6.37. The second-order valence-corrected chi connectivity index (χ2v) is 6.04. The summed E-state index contributed by atoms with van der Waals surface area (Å²) in [6, 6.07) is 0.250. The van der Waals surface area contributed by atoms with Gasteiger partial charge in [0.1, 0.15) is 0 Å². The standard InChI is InChI=1S/C14H26N2O3/c1-5-16-8-6-11(7-9-16)15(4)12(17)10-14(2,3)13(18)19/h11H,5-10H2,1-4H3,(H,18,19). The minimum atomic E-state index is -0.991. The fraction of sp³-hybridized carbons (Fsp3) is 0.857. The summed E-state index contributed by atoms with van der Waals surface area (Å²) >= 11 is 0. The summed E-state index contributed by atoms with van der Waals surface area (Å²) in [6.07, 6.45) is 2.01. The van der Waals surface area contributed by atoms with E-state index in [0.717, 1.165) is 32.5 Å². The van der Waals surface area contributed by atoms with Gasteiger partial charge in [0.05, 0.1) is 5.41 Å². The van der Waals surface area contributed by atoms with E-state index in [1.165, 1.54) is 0 Å². The van der Waals surface area contributed by atoms with Gasteiger partial charge >= 0.3 is 5.97 Å². The van der Waals surface area contributed by atoms with Gasteiger partial charge in [-0.25, -0.2) is 0 Å². The number of amides is 1. The Kier molecular flexibility index (Phi) is 5.35. The number of aliphatic carboxylic acids is 1. The molecule has 0 aromatic carbocycles. The summed E-state index contributed by atoms with van der Waals surface area (Å²) in [5.74, 6) is -0.989. The minimum Gasteiger partial charge on any atom is -0.481 e. The Labute approximate surface area is 115 Å². The van der Waals surface area contributed by atoms with Gasteiger partial charge in [0.25, 0.3) is 0 Å². The van der Waals surface area contributed by atoms with E-state index in [1.807, 2.05) is 0 Å². The van der Waals surface area contributed by atoms with Crippen molar-refractivity contribution in [3.63, 3.8) is 0 Å². The number of piperidine rings is 1. The van der Waals surface area contributed by atoms with Crippen LogP contribution in [0.5, 0.6) is 0 Å². The van der Waals surface area contributed by atoms with E-state index in [-0.39, 0.29) is 18.4 Å². The average Bonchev–Trinajstić information content (AvgIpc) is 2.37. The van der Waals surface area contributed by atoms with E-state index >= 15 is 0 Å². The Morgan fingerprint density at radius 2 is 1.84 bits per heavy atom. The van der Waals surface area contributed by atoms with Crippen molar-refractivity contribution < 1.29 is 14.7 Å². The van der Waals surface area contributed by atoms with Gasteiger partial charge in [-0.05, 0) is 33.2 Å². The van der Waals surface area contributed by atoms with Crippen LogP contribution in [0, 0.1) is 5.41 Å². The molecule has 1 N–H and O–H groups in total. The maximum Gasteiger partial charge on any atom is 0.309 e. The molecule has 0 bridgehead atoms. The molecule has 0 atom stereocenters. The monoisotopic (exact) mass is 270 g/mol. The van der Waals surface area contributed by atoms with Gasteiger partial charge in [-0.3, -0.25) is 9.59 Å². The van der Waals surface area contributed by atoms with Crippen molar-refractivity contribution in [3.8, 4) is 0 Å². The molecule has 1 aliphatic heterocycles. The normalized spacial score (nSPS) is 18.3. The second-order valence-electron chi connectivity index (χ2n) is 6.04. The fourth-order valence-electron chi connectivity index (χ4n) is 2.40. The number of carboxylic acid groups (broad SMARTS) is 1. The lowest BCUT2D eigenvalue weighted by molar-refractivity contribution is -0.151. The fourth-order valence-corrected chi connectivity index (χ4v) is 2.40. The summed E-state index contributed by atoms with van der Waals surface area (Å²) in [5, 5.41) is 9.07. The largest absolute Gasteiger partial charge is 0.481 e. The lowest BCUT2D eigenvalue weighted by Gasteiger charge is -2.37. The molecular weight excluding hydrogens is 244 g/mol. The smallest absolute Gasteiger partial charge is 0.309 e. The van der Waals surface area contributed by atoms with E-state index in [1.54, 1.807) is 25.8 Å². The quantitative estimate of drug-likeness (QED) is 0.821. The lowest BCUT2D eigenvalue weighted by Crippen LogP contribution is -2.46. The highest BCUT2D eigenvalue weighted by molar-refractivity contribution is 5.84. The zero-order valence-corrected chi connectivity index (χ0v) is 12.5. The highest BCUT2D eigenvalue weighted by Gasteiger charge is 2.33. The van der Waals surface area contributed by atoms with Crippen molar-refractivity contribution in [2.45, 2.75) is 46.1 Å². The Morgan fingerprint density at radius 3 is 2.26 bits per heavy atom. The van der Waals surface area contributed by atoms with Gasteiger partial charge in [0, 0.05) is 32.6 Å². The van der Waals surface area contributed by atoms with Crippen molar-refractivity contribution >= 4 is 11.9 Å². The predicted octanol–water partition coefficient (Wildman–Crippen LogP) is 1.43. The van der Waals surface area contributed by atoms with Crippen molar-refractivity contribution in [1.29, 1.82) is 0 Å². The third-order valence-corrected chi connectivity index (χ3v) is 4.12. The zero-order valence-electron chi connectivity index (χ0n) is 12.5. The van der Waals surface area contributed by atoms with Crippen LogP contribution in [0.2, 0.25) is 0 Å². The Bertz CT molecular complexity index is 334. The highest BCUT2D eigenvalue weighted by atomic mass is 16.4. The van der Waals surface area contributed by atoms with Crippen LogP contribution in [-0.4, -0.2) is 59.5 Å². The number of nitrogens with zero attached hydrogens (tertiary/aromatic N) is 2. The van der Waals surface area contributed by atoms with Gasteiger partial charge in [-0.2, -0.15) is 0 Å². The molecule has 0 aliphatic carbocycles. The number of carboxylic acids is 1. The SMILES string of the molecule is CCN1CCC(N(C)C(=O)CC(C)(C)C(=O)O)CC1. The third-order valence-electron chi connectivity index (χ3n) is 4.12. The van der Waals surface area contributed by atoms with Crippen molar-refractivity contribution in [3.05, 3.63) is 0 Å². The molecule has 19 heavy (non-hydrogen) atoms. The molecule has 0 spiro atoms. The number of hydrogen-bond acceptors (Lipinski definition) is 3. The third kappa shape index (κ3) is 4.20. The molecule has 0 radical (unpaired) electrons. The molecule has 1 heterocycles. The highest BCUT2D eigenvalue weighted by Crippen LogP contribution is 2.23. The molecular formula is C14H26N2O3. The first-order chi connectivity index (χ1) is 8.77. The van der Waals surface area contributed by atoms with Crippen LogP contribution >= 0.6 is 0 Å². The maximum atomic E-state index is 12.2. The summed E-state index contributed by atoms with van der Waals surface area (Å²) in [5.41, 5.74) is -0.991. The molecule has 1 amide bonds. The Balaban J connectivity index is 2.52. The van der Waals surface area contributed by atoms with Crippen LogP contribution in [0.15, 0.2) is 0 Å². The van der Waals surface area contributed by atoms with Gasteiger partial charge in [-0.15, -0.1) is 0 Å². The molecule has 110 valence electrons. The Morgan fingerprint density at radius 1 is 1.32 bits per heavy atom. The minimum absolute atomic E-state index is 0.0623. The molecule has 0 aromatic heterocycles. The molecule has 1 fully saturated rings. The number of rotatable bonds is 5. The van der Waals surface area contributed by atoms with Gasteiger partial charge in [0.15, 0.2) is 0 Å². The van der Waals surface area contributed by atoms with Gasteiger partial charge in [0.2, 0.25) is 5.91 Å². The molecule has 1 saturated heterocycles. The average molecular weight is 270 g/mol. The van der Waals surface area contributed by atoms with E-state index in [9.17, 15) is 9.59 Å². The number of carbonyl (C=O) groups excluding carboxylic acids is 1. The van der Waals surface area contributed by atoms with Crippen molar-refractivity contribution in [1.82, 2.24) is 9.80 Å². The van der Waals surface area contributed by atoms with Crippen LogP contribution in [0.4, 0.5) is 0 Å². The van der Waals surface area contributed by atoms with Crippen molar-refractivity contribution in [2.75, 3.05) is 26.7 Å². The van der Waals surface area contributed by atoms with E-state index in [4.69, 9.17) is 5.11 Å². The van der Waals surface area contributed by atoms with Crippen LogP contribution in [0.3, 0.4) is 0 Å². The zero-order chi connectivity index (χ0) is 14.6. The van der Waals surface area contributed by atoms with Gasteiger partial charge < -0.3 is 14.9 Å².